The Balaban J connectivity index is 0.00000208. The van der Waals surface area contributed by atoms with E-state index in [1.54, 1.807) is 0 Å². The molecular formula is C17H29IN6. The minimum Gasteiger partial charge on any atom is -0.356 e. The summed E-state index contributed by atoms with van der Waals surface area (Å²) in [5.41, 5.74) is 0. The molecule has 1 aromatic rings. The Bertz CT molecular complexity index is 557. The Kier molecular flexibility index (Phi) is 8.01. The molecule has 0 fully saturated rings. The Hall–Kier alpha value is -1.12. The van der Waals surface area contributed by atoms with E-state index in [1.165, 1.54) is 25.1 Å². The quantitative estimate of drug-likeness (QED) is 0.241. The maximum absolute atomic E-state index is 4.39. The Labute approximate surface area is 161 Å². The molecule has 2 N–H and O–H groups in total. The van der Waals surface area contributed by atoms with Crippen LogP contribution >= 0.6 is 24.0 Å². The van der Waals surface area contributed by atoms with Gasteiger partial charge in [0.25, 0.3) is 0 Å². The van der Waals surface area contributed by atoms with Crippen molar-refractivity contribution in [2.24, 2.45) is 4.99 Å². The van der Waals surface area contributed by atoms with E-state index in [0.717, 1.165) is 57.0 Å². The molecule has 2 aliphatic rings. The molecule has 24 heavy (non-hydrogen) atoms. The van der Waals surface area contributed by atoms with Crippen molar-refractivity contribution >= 4 is 29.9 Å². The smallest absolute Gasteiger partial charge is 0.191 e. The van der Waals surface area contributed by atoms with Crippen LogP contribution in [0.4, 0.5) is 0 Å². The molecular weight excluding hydrogens is 415 g/mol. The van der Waals surface area contributed by atoms with Crippen LogP contribution in [0.2, 0.25) is 0 Å². The number of rotatable bonds is 5. The summed E-state index contributed by atoms with van der Waals surface area (Å²) in [6.07, 6.45) is 13.5. The minimum absolute atomic E-state index is 0. The van der Waals surface area contributed by atoms with Gasteiger partial charge >= 0.3 is 0 Å². The van der Waals surface area contributed by atoms with Crippen LogP contribution in [0.1, 0.15) is 50.2 Å². The van der Waals surface area contributed by atoms with Crippen molar-refractivity contribution in [3.8, 4) is 0 Å². The number of nitrogens with one attached hydrogen (secondary N) is 2. The largest absolute Gasteiger partial charge is 0.356 e. The first-order chi connectivity index (χ1) is 11.4. The van der Waals surface area contributed by atoms with Crippen LogP contribution in [0.25, 0.3) is 0 Å². The topological polar surface area (TPSA) is 67.1 Å². The fourth-order valence-electron chi connectivity index (χ4n) is 3.31. The number of nitrogens with zero attached hydrogens (tertiary/aromatic N) is 4. The van der Waals surface area contributed by atoms with Crippen molar-refractivity contribution in [2.45, 2.75) is 64.0 Å². The van der Waals surface area contributed by atoms with E-state index in [1.807, 2.05) is 7.05 Å². The van der Waals surface area contributed by atoms with Crippen molar-refractivity contribution in [1.29, 1.82) is 0 Å². The predicted octanol–water partition coefficient (Wildman–Crippen LogP) is 2.44. The van der Waals surface area contributed by atoms with Gasteiger partial charge in [-0.1, -0.05) is 18.6 Å². The number of hydrogen-bond acceptors (Lipinski definition) is 3. The van der Waals surface area contributed by atoms with E-state index in [0.29, 0.717) is 6.04 Å². The van der Waals surface area contributed by atoms with Crippen LogP contribution in [0.5, 0.6) is 0 Å². The van der Waals surface area contributed by atoms with Gasteiger partial charge in [-0.2, -0.15) is 0 Å². The van der Waals surface area contributed by atoms with Crippen molar-refractivity contribution in [3.63, 3.8) is 0 Å². The zero-order valence-electron chi connectivity index (χ0n) is 14.5. The normalized spacial score (nSPS) is 18.0. The van der Waals surface area contributed by atoms with Crippen molar-refractivity contribution in [1.82, 2.24) is 25.4 Å². The Morgan fingerprint density at radius 3 is 2.88 bits per heavy atom. The first-order valence-electron chi connectivity index (χ1n) is 8.90. The van der Waals surface area contributed by atoms with Gasteiger partial charge in [-0.25, -0.2) is 0 Å². The summed E-state index contributed by atoms with van der Waals surface area (Å²) in [5.74, 6) is 3.22. The van der Waals surface area contributed by atoms with Gasteiger partial charge in [0.1, 0.15) is 11.6 Å². The second kappa shape index (κ2) is 10.0. The molecule has 0 saturated heterocycles. The molecule has 6 nitrogen and oxygen atoms in total. The average Bonchev–Trinajstić information content (AvgIpc) is 3.15. The van der Waals surface area contributed by atoms with E-state index in [-0.39, 0.29) is 24.0 Å². The summed E-state index contributed by atoms with van der Waals surface area (Å²) in [6.45, 7) is 1.99. The fourth-order valence-corrected chi connectivity index (χ4v) is 3.31. The second-order valence-electron chi connectivity index (χ2n) is 6.38. The van der Waals surface area contributed by atoms with Gasteiger partial charge in [0.05, 0.1) is 0 Å². The van der Waals surface area contributed by atoms with Gasteiger partial charge in [-0.3, -0.25) is 4.99 Å². The number of hydrogen-bond donors (Lipinski definition) is 2. The highest BCUT2D eigenvalue weighted by Gasteiger charge is 2.14. The van der Waals surface area contributed by atoms with E-state index in [4.69, 9.17) is 0 Å². The molecule has 134 valence electrons. The summed E-state index contributed by atoms with van der Waals surface area (Å²) in [4.78, 5) is 4.30. The highest BCUT2D eigenvalue weighted by Crippen LogP contribution is 2.15. The number of halogens is 1. The SMILES string of the molecule is CN=C(NCCCc1nnc2n1CCCCC2)NC1CC=CC1.I. The summed E-state index contributed by atoms with van der Waals surface area (Å²) in [6, 6.07) is 0.494. The molecule has 1 aromatic heterocycles. The molecule has 0 amide bonds. The highest BCUT2D eigenvalue weighted by molar-refractivity contribution is 14.0. The van der Waals surface area contributed by atoms with E-state index < -0.39 is 0 Å². The van der Waals surface area contributed by atoms with Crippen LogP contribution in [0, 0.1) is 0 Å². The second-order valence-corrected chi connectivity index (χ2v) is 6.38. The van der Waals surface area contributed by atoms with E-state index in [9.17, 15) is 0 Å². The third-order valence-corrected chi connectivity index (χ3v) is 4.63. The molecule has 0 bridgehead atoms. The number of fused-ring (bicyclic) bond motifs is 1. The number of aromatic nitrogens is 3. The lowest BCUT2D eigenvalue weighted by atomic mass is 10.2. The minimum atomic E-state index is 0. The van der Waals surface area contributed by atoms with Crippen LogP contribution in [-0.2, 0) is 19.4 Å². The molecule has 2 heterocycles. The van der Waals surface area contributed by atoms with Gasteiger partial charge in [0.2, 0.25) is 0 Å². The van der Waals surface area contributed by atoms with Gasteiger partial charge < -0.3 is 15.2 Å². The molecule has 0 spiro atoms. The lowest BCUT2D eigenvalue weighted by molar-refractivity contribution is 0.590. The van der Waals surface area contributed by atoms with Gasteiger partial charge in [-0.05, 0) is 32.1 Å². The first kappa shape index (κ1) is 19.2. The van der Waals surface area contributed by atoms with Crippen LogP contribution < -0.4 is 10.6 Å². The first-order valence-corrected chi connectivity index (χ1v) is 8.90. The average molecular weight is 444 g/mol. The molecule has 0 saturated carbocycles. The maximum Gasteiger partial charge on any atom is 0.191 e. The van der Waals surface area contributed by atoms with E-state index >= 15 is 0 Å². The predicted molar refractivity (Wildman–Crippen MR) is 108 cm³/mol. The lowest BCUT2D eigenvalue weighted by Crippen LogP contribution is -2.42. The molecule has 7 heteroatoms. The van der Waals surface area contributed by atoms with Crippen LogP contribution in [0.15, 0.2) is 17.1 Å². The zero-order chi connectivity index (χ0) is 15.9. The standard InChI is InChI=1S/C17H28N6.HI/c1-18-17(20-14-8-4-5-9-14)19-12-7-11-16-22-21-15-10-3-2-6-13-23(15)16;/h4-5,14H,2-3,6-13H2,1H3,(H2,18,19,20);1H. The van der Waals surface area contributed by atoms with E-state index in [2.05, 4.69) is 42.5 Å². The van der Waals surface area contributed by atoms with Gasteiger partial charge in [0, 0.05) is 39.0 Å². The molecule has 0 aromatic carbocycles. The molecule has 1 aliphatic heterocycles. The number of guanidine groups is 1. The molecule has 0 unspecified atom stereocenters. The fraction of sp³-hybridized carbons (Fsp3) is 0.706. The molecule has 0 atom stereocenters. The summed E-state index contributed by atoms with van der Waals surface area (Å²) < 4.78 is 2.34. The Morgan fingerprint density at radius 2 is 2.08 bits per heavy atom. The summed E-state index contributed by atoms with van der Waals surface area (Å²) >= 11 is 0. The lowest BCUT2D eigenvalue weighted by Gasteiger charge is -2.16. The van der Waals surface area contributed by atoms with Crippen molar-refractivity contribution in [3.05, 3.63) is 23.8 Å². The summed E-state index contributed by atoms with van der Waals surface area (Å²) in [7, 11) is 1.83. The zero-order valence-corrected chi connectivity index (χ0v) is 16.8. The van der Waals surface area contributed by atoms with Crippen LogP contribution in [0.3, 0.4) is 0 Å². The monoisotopic (exact) mass is 444 g/mol. The maximum atomic E-state index is 4.39. The number of aryl methyl sites for hydroxylation is 2. The molecule has 1 aliphatic carbocycles. The van der Waals surface area contributed by atoms with Gasteiger partial charge in [0.15, 0.2) is 5.96 Å². The third kappa shape index (κ3) is 5.19. The Morgan fingerprint density at radius 1 is 1.25 bits per heavy atom. The summed E-state index contributed by atoms with van der Waals surface area (Å²) in [5, 5.41) is 15.6. The number of aliphatic imine (C=N–C) groups is 1. The van der Waals surface area contributed by atoms with Gasteiger partial charge in [-0.15, -0.1) is 34.2 Å². The molecule has 0 radical (unpaired) electrons. The molecule has 3 rings (SSSR count). The van der Waals surface area contributed by atoms with Crippen LogP contribution in [-0.4, -0.2) is 40.4 Å². The highest BCUT2D eigenvalue weighted by atomic mass is 127. The third-order valence-electron chi connectivity index (χ3n) is 4.63. The van der Waals surface area contributed by atoms with Crippen molar-refractivity contribution in [2.75, 3.05) is 13.6 Å². The van der Waals surface area contributed by atoms with Crippen molar-refractivity contribution < 1.29 is 0 Å².